The smallest absolute Gasteiger partial charge is 0.165 e. The van der Waals surface area contributed by atoms with E-state index in [0.29, 0.717) is 35.7 Å². The third-order valence-electron chi connectivity index (χ3n) is 9.20. The third-order valence-corrected chi connectivity index (χ3v) is 9.20. The van der Waals surface area contributed by atoms with Crippen LogP contribution in [0.25, 0.3) is 6.08 Å². The number of allylic oxidation sites excluding steroid dienone is 2. The van der Waals surface area contributed by atoms with Crippen LogP contribution in [0.2, 0.25) is 0 Å². The van der Waals surface area contributed by atoms with Gasteiger partial charge in [-0.15, -0.1) is 0 Å². The minimum atomic E-state index is -0.217. The number of hydrogen-bond donors (Lipinski definition) is 0. The maximum Gasteiger partial charge on any atom is 0.165 e. The fraction of sp³-hybridized carbons (Fsp3) is 0.640. The summed E-state index contributed by atoms with van der Waals surface area (Å²) in [4.78, 5) is 25.5. The molecule has 4 heteroatoms. The summed E-state index contributed by atoms with van der Waals surface area (Å²) >= 11 is 0. The van der Waals surface area contributed by atoms with Gasteiger partial charge in [0.1, 0.15) is 0 Å². The third kappa shape index (κ3) is 2.60. The average molecular weight is 393 g/mol. The fourth-order valence-electron chi connectivity index (χ4n) is 7.20. The minimum absolute atomic E-state index is 0.160. The molecule has 0 aromatic carbocycles. The van der Waals surface area contributed by atoms with Gasteiger partial charge >= 0.3 is 0 Å². The summed E-state index contributed by atoms with van der Waals surface area (Å²) in [6, 6.07) is 0. The number of nitrogens with zero attached hydrogens (tertiary/aromatic N) is 2. The Morgan fingerprint density at radius 2 is 1.90 bits per heavy atom. The number of aromatic nitrogens is 2. The molecule has 0 amide bonds. The van der Waals surface area contributed by atoms with Gasteiger partial charge in [0.25, 0.3) is 0 Å². The van der Waals surface area contributed by atoms with E-state index in [1.54, 1.807) is 0 Å². The van der Waals surface area contributed by atoms with Crippen molar-refractivity contribution in [3.63, 3.8) is 0 Å². The molecular weight excluding hydrogens is 360 g/mol. The number of aryl methyl sites for hydroxylation is 1. The van der Waals surface area contributed by atoms with Crippen molar-refractivity contribution in [2.75, 3.05) is 0 Å². The zero-order valence-electron chi connectivity index (χ0n) is 18.1. The summed E-state index contributed by atoms with van der Waals surface area (Å²) in [5.41, 5.74) is 4.51. The molecule has 1 aromatic heterocycles. The summed E-state index contributed by atoms with van der Waals surface area (Å²) in [5, 5.41) is 4.34. The maximum absolute atomic E-state index is 13.5. The van der Waals surface area contributed by atoms with Crippen molar-refractivity contribution in [3.05, 3.63) is 34.7 Å². The molecule has 0 spiro atoms. The van der Waals surface area contributed by atoms with Crippen LogP contribution in [0.1, 0.15) is 70.1 Å². The first-order valence-electron chi connectivity index (χ1n) is 11.2. The normalized spacial score (nSPS) is 40.5. The SMILES string of the molecule is Cc1c(C=C2CC3C4CCC5=CC(=O)CCC5(C)C4CCC3(C)C2=O)cnn1C. The second-order valence-corrected chi connectivity index (χ2v) is 10.4. The molecular formula is C25H32N2O2. The molecule has 29 heavy (non-hydrogen) atoms. The van der Waals surface area contributed by atoms with Gasteiger partial charge in [0, 0.05) is 30.1 Å². The number of hydrogen-bond acceptors (Lipinski definition) is 3. The average Bonchev–Trinajstić information content (AvgIpc) is 3.14. The van der Waals surface area contributed by atoms with Crippen molar-refractivity contribution < 1.29 is 9.59 Å². The Hall–Kier alpha value is -1.97. The van der Waals surface area contributed by atoms with E-state index >= 15 is 0 Å². The van der Waals surface area contributed by atoms with Crippen LogP contribution in [0.4, 0.5) is 0 Å². The second-order valence-electron chi connectivity index (χ2n) is 10.4. The number of fused-ring (bicyclic) bond motifs is 5. The van der Waals surface area contributed by atoms with Gasteiger partial charge in [0.15, 0.2) is 11.6 Å². The predicted octanol–water partition coefficient (Wildman–Crippen LogP) is 4.82. The van der Waals surface area contributed by atoms with Crippen LogP contribution in [0.5, 0.6) is 0 Å². The maximum atomic E-state index is 13.5. The molecule has 1 heterocycles. The summed E-state index contributed by atoms with van der Waals surface area (Å²) in [5.74, 6) is 2.32. The zero-order chi connectivity index (χ0) is 20.6. The Balaban J connectivity index is 1.49. The highest BCUT2D eigenvalue weighted by Crippen LogP contribution is 2.65. The second kappa shape index (κ2) is 6.26. The van der Waals surface area contributed by atoms with Crippen LogP contribution in [-0.4, -0.2) is 21.3 Å². The lowest BCUT2D eigenvalue weighted by Crippen LogP contribution is -2.50. The Kier molecular flexibility index (Phi) is 4.11. The number of carbonyl (C=O) groups is 2. The number of rotatable bonds is 1. The molecule has 3 fully saturated rings. The van der Waals surface area contributed by atoms with Crippen molar-refractivity contribution >= 4 is 17.6 Å². The van der Waals surface area contributed by atoms with Gasteiger partial charge in [0.05, 0.1) is 6.20 Å². The Morgan fingerprint density at radius 3 is 2.62 bits per heavy atom. The van der Waals surface area contributed by atoms with Crippen LogP contribution in [-0.2, 0) is 16.6 Å². The molecule has 5 rings (SSSR count). The molecule has 1 aromatic rings. The molecule has 4 aliphatic rings. The van der Waals surface area contributed by atoms with E-state index in [9.17, 15) is 9.59 Å². The monoisotopic (exact) mass is 392 g/mol. The van der Waals surface area contributed by atoms with Crippen molar-refractivity contribution in [2.24, 2.45) is 35.6 Å². The van der Waals surface area contributed by atoms with Gasteiger partial charge in [-0.3, -0.25) is 14.3 Å². The molecule has 154 valence electrons. The lowest BCUT2D eigenvalue weighted by Gasteiger charge is -2.56. The highest BCUT2D eigenvalue weighted by atomic mass is 16.1. The molecule has 4 nitrogen and oxygen atoms in total. The first-order valence-corrected chi connectivity index (χ1v) is 11.2. The number of carbonyl (C=O) groups excluding carboxylic acids is 2. The number of ketones is 2. The molecule has 3 saturated carbocycles. The van der Waals surface area contributed by atoms with Crippen LogP contribution < -0.4 is 0 Å². The zero-order valence-corrected chi connectivity index (χ0v) is 18.1. The standard InChI is InChI=1S/C25H32N2O2/c1-15-17(14-26-27(15)4)11-16-12-22-20-6-5-18-13-19(28)7-9-24(18,2)21(20)8-10-25(22,3)23(16)29/h11,13-14,20-22H,5-10,12H2,1-4H3. The first kappa shape index (κ1) is 19.0. The van der Waals surface area contributed by atoms with Gasteiger partial charge in [-0.2, -0.15) is 5.10 Å². The topological polar surface area (TPSA) is 52.0 Å². The molecule has 5 unspecified atom stereocenters. The molecule has 0 aliphatic heterocycles. The van der Waals surface area contributed by atoms with E-state index in [0.717, 1.165) is 55.4 Å². The largest absolute Gasteiger partial charge is 0.295 e. The van der Waals surface area contributed by atoms with E-state index in [4.69, 9.17) is 0 Å². The van der Waals surface area contributed by atoms with E-state index < -0.39 is 0 Å². The summed E-state index contributed by atoms with van der Waals surface area (Å²) in [7, 11) is 1.95. The Bertz CT molecular complexity index is 967. The van der Waals surface area contributed by atoms with Crippen molar-refractivity contribution in [1.29, 1.82) is 0 Å². The van der Waals surface area contributed by atoms with Gasteiger partial charge in [-0.05, 0) is 86.3 Å². The quantitative estimate of drug-likeness (QED) is 0.644. The first-order chi connectivity index (χ1) is 13.7. The van der Waals surface area contributed by atoms with E-state index in [1.807, 2.05) is 24.0 Å². The lowest BCUT2D eigenvalue weighted by molar-refractivity contribution is -0.130. The highest BCUT2D eigenvalue weighted by Gasteiger charge is 2.60. The van der Waals surface area contributed by atoms with Gasteiger partial charge in [-0.25, -0.2) is 0 Å². The highest BCUT2D eigenvalue weighted by molar-refractivity contribution is 6.06. The molecule has 5 atom stereocenters. The van der Waals surface area contributed by atoms with Crippen LogP contribution in [0.15, 0.2) is 23.4 Å². The van der Waals surface area contributed by atoms with Gasteiger partial charge < -0.3 is 0 Å². The van der Waals surface area contributed by atoms with Crippen LogP contribution >= 0.6 is 0 Å². The van der Waals surface area contributed by atoms with Crippen LogP contribution in [0.3, 0.4) is 0 Å². The summed E-state index contributed by atoms with van der Waals surface area (Å²) < 4.78 is 1.87. The predicted molar refractivity (Wildman–Crippen MR) is 113 cm³/mol. The van der Waals surface area contributed by atoms with Crippen LogP contribution in [0, 0.1) is 35.5 Å². The van der Waals surface area contributed by atoms with E-state index in [2.05, 4.69) is 31.9 Å². The summed E-state index contributed by atoms with van der Waals surface area (Å²) in [6.07, 6.45) is 12.8. The van der Waals surface area contributed by atoms with Crippen molar-refractivity contribution in [3.8, 4) is 0 Å². The minimum Gasteiger partial charge on any atom is -0.295 e. The fourth-order valence-corrected chi connectivity index (χ4v) is 7.20. The Morgan fingerprint density at radius 1 is 1.10 bits per heavy atom. The summed E-state index contributed by atoms with van der Waals surface area (Å²) in [6.45, 7) is 6.69. The van der Waals surface area contributed by atoms with Crippen molar-refractivity contribution in [1.82, 2.24) is 9.78 Å². The lowest BCUT2D eigenvalue weighted by atomic mass is 9.47. The molecule has 0 saturated heterocycles. The molecule has 4 aliphatic carbocycles. The Labute approximate surface area is 173 Å². The van der Waals surface area contributed by atoms with E-state index in [1.165, 1.54) is 5.57 Å². The molecule has 0 bridgehead atoms. The van der Waals surface area contributed by atoms with E-state index in [-0.39, 0.29) is 10.8 Å². The van der Waals surface area contributed by atoms with Crippen molar-refractivity contribution in [2.45, 2.75) is 65.7 Å². The van der Waals surface area contributed by atoms with Gasteiger partial charge in [-0.1, -0.05) is 19.4 Å². The molecule has 0 N–H and O–H groups in total. The van der Waals surface area contributed by atoms with Gasteiger partial charge in [0.2, 0.25) is 0 Å². The number of Topliss-reactive ketones (excluding diaryl/α,β-unsaturated/α-hetero) is 1. The molecule has 0 radical (unpaired) electrons.